The number of carbonyl (C=O) groups is 2. The van der Waals surface area contributed by atoms with Gasteiger partial charge in [-0.15, -0.1) is 0 Å². The van der Waals surface area contributed by atoms with Crippen LogP contribution in [-0.4, -0.2) is 35.3 Å². The Bertz CT molecular complexity index is 1360. The zero-order chi connectivity index (χ0) is 32.2. The topological polar surface area (TPSA) is 75.6 Å². The predicted octanol–water partition coefficient (Wildman–Crippen LogP) is 9.26. The zero-order valence-electron chi connectivity index (χ0n) is 27.3. The largest absolute Gasteiger partial charge is 0.490 e. The number of carboxylic acid groups (broad SMARTS) is 1. The van der Waals surface area contributed by atoms with Crippen molar-refractivity contribution in [2.45, 2.75) is 134 Å². The van der Waals surface area contributed by atoms with E-state index in [-0.39, 0.29) is 29.7 Å². The lowest BCUT2D eigenvalue weighted by Crippen LogP contribution is -2.46. The number of hydrogen-bond acceptors (Lipinski definition) is 3. The number of ether oxygens (including phenoxy) is 1. The number of carbonyl (C=O) groups excluding carboxylic acids is 1. The summed E-state index contributed by atoms with van der Waals surface area (Å²) in [4.78, 5) is 25.3. The lowest BCUT2D eigenvalue weighted by atomic mass is 9.76. The van der Waals surface area contributed by atoms with E-state index in [9.17, 15) is 14.7 Å². The smallest absolute Gasteiger partial charge is 0.313 e. The zero-order valence-corrected chi connectivity index (χ0v) is 27.3. The van der Waals surface area contributed by atoms with Gasteiger partial charge in [0.05, 0.1) is 11.5 Å². The van der Waals surface area contributed by atoms with Gasteiger partial charge >= 0.3 is 5.97 Å². The number of halogens is 2. The van der Waals surface area contributed by atoms with Crippen LogP contribution in [0, 0.1) is 17.7 Å². The van der Waals surface area contributed by atoms with Gasteiger partial charge in [-0.1, -0.05) is 63.6 Å². The molecule has 0 bridgehead atoms. The Morgan fingerprint density at radius 3 is 2.47 bits per heavy atom. The SMILES string of the molecule is CCC1CCCCCC[C@](F)(C(=O)NCC2CC[C@@H](Oc3ccc(C(C)(C)C(=O)O)cc3-c3cccc(F)c3C3CCC3)C2)C1. The minimum absolute atomic E-state index is 0.113. The van der Waals surface area contributed by atoms with E-state index in [1.165, 1.54) is 6.07 Å². The minimum Gasteiger partial charge on any atom is -0.490 e. The fourth-order valence-corrected chi connectivity index (χ4v) is 7.54. The van der Waals surface area contributed by atoms with Gasteiger partial charge in [0.15, 0.2) is 5.67 Å². The first-order valence-electron chi connectivity index (χ1n) is 17.3. The molecule has 3 saturated carbocycles. The summed E-state index contributed by atoms with van der Waals surface area (Å²) in [5.41, 5.74) is -0.153. The normalized spacial score (nSPS) is 26.3. The van der Waals surface area contributed by atoms with E-state index in [0.717, 1.165) is 82.6 Å². The van der Waals surface area contributed by atoms with E-state index < -0.39 is 23.0 Å². The molecule has 0 radical (unpaired) electrons. The first-order chi connectivity index (χ1) is 21.5. The second kappa shape index (κ2) is 14.2. The summed E-state index contributed by atoms with van der Waals surface area (Å²) in [6.07, 6.45) is 11.6. The molecule has 246 valence electrons. The Labute approximate surface area is 267 Å². The summed E-state index contributed by atoms with van der Waals surface area (Å²) < 4.78 is 38.0. The molecule has 1 amide bonds. The van der Waals surface area contributed by atoms with Crippen LogP contribution in [-0.2, 0) is 15.0 Å². The molecule has 4 atom stereocenters. The average molecular weight is 624 g/mol. The maximum atomic E-state index is 16.1. The lowest BCUT2D eigenvalue weighted by molar-refractivity contribution is -0.142. The molecule has 0 aliphatic heterocycles. The number of aliphatic carboxylic acids is 1. The van der Waals surface area contributed by atoms with Gasteiger partial charge in [0.1, 0.15) is 11.6 Å². The van der Waals surface area contributed by atoms with Gasteiger partial charge in [-0.2, -0.15) is 0 Å². The van der Waals surface area contributed by atoms with Crippen molar-refractivity contribution in [1.82, 2.24) is 5.32 Å². The summed E-state index contributed by atoms with van der Waals surface area (Å²) in [5.74, 6) is -0.462. The third-order valence-corrected chi connectivity index (χ3v) is 11.0. The highest BCUT2D eigenvalue weighted by molar-refractivity contribution is 5.85. The maximum Gasteiger partial charge on any atom is 0.313 e. The van der Waals surface area contributed by atoms with Crippen molar-refractivity contribution in [3.05, 3.63) is 53.3 Å². The monoisotopic (exact) mass is 623 g/mol. The molecule has 0 spiro atoms. The lowest BCUT2D eigenvalue weighted by Gasteiger charge is -2.30. The number of alkyl halides is 1. The first-order valence-corrected chi connectivity index (χ1v) is 17.3. The van der Waals surface area contributed by atoms with E-state index in [2.05, 4.69) is 12.2 Å². The molecule has 5 rings (SSSR count). The van der Waals surface area contributed by atoms with Gasteiger partial charge in [-0.3, -0.25) is 9.59 Å². The second-order valence-corrected chi connectivity index (χ2v) is 14.5. The Hall–Kier alpha value is -2.96. The molecule has 0 heterocycles. The standard InChI is InChI=1S/C38H51F2NO4/c1-4-25-11-7-5-6-8-20-38(40,23-25)35(42)41-24-26-16-18-29(21-26)45-33-19-17-28(37(2,3)36(43)44)22-31(33)30-14-10-15-32(39)34(30)27-12-9-13-27/h10,14-15,17,19,22,25-27,29H,4-9,11-13,16,18,20-21,23-24H2,1-3H3,(H,41,42)(H,43,44)/t25?,26?,29-,38-/m1/s1. The molecule has 0 saturated heterocycles. The van der Waals surface area contributed by atoms with Crippen LogP contribution in [0.15, 0.2) is 36.4 Å². The fourth-order valence-electron chi connectivity index (χ4n) is 7.54. The molecule has 7 heteroatoms. The third kappa shape index (κ3) is 7.55. The Balaban J connectivity index is 1.31. The molecule has 45 heavy (non-hydrogen) atoms. The summed E-state index contributed by atoms with van der Waals surface area (Å²) in [6.45, 7) is 5.86. The highest BCUT2D eigenvalue weighted by Gasteiger charge is 2.41. The van der Waals surface area contributed by atoms with Crippen LogP contribution in [0.3, 0.4) is 0 Å². The van der Waals surface area contributed by atoms with Crippen molar-refractivity contribution >= 4 is 11.9 Å². The van der Waals surface area contributed by atoms with Gasteiger partial charge < -0.3 is 15.2 Å². The first kappa shape index (κ1) is 33.4. The van der Waals surface area contributed by atoms with Crippen molar-refractivity contribution in [2.24, 2.45) is 11.8 Å². The van der Waals surface area contributed by atoms with E-state index in [4.69, 9.17) is 4.74 Å². The van der Waals surface area contributed by atoms with Crippen LogP contribution in [0.5, 0.6) is 5.75 Å². The van der Waals surface area contributed by atoms with Gasteiger partial charge in [-0.05, 0) is 118 Å². The molecular weight excluding hydrogens is 572 g/mol. The van der Waals surface area contributed by atoms with Crippen LogP contribution >= 0.6 is 0 Å². The molecule has 0 aromatic heterocycles. The Kier molecular flexibility index (Phi) is 10.6. The molecule has 3 aliphatic rings. The fraction of sp³-hybridized carbons (Fsp3) is 0.632. The molecule has 3 aliphatic carbocycles. The van der Waals surface area contributed by atoms with Gasteiger partial charge in [-0.25, -0.2) is 8.78 Å². The van der Waals surface area contributed by atoms with Crippen LogP contribution in [0.4, 0.5) is 8.78 Å². The highest BCUT2D eigenvalue weighted by Crippen LogP contribution is 2.46. The van der Waals surface area contributed by atoms with E-state index >= 15 is 8.78 Å². The third-order valence-electron chi connectivity index (χ3n) is 11.0. The molecule has 2 unspecified atom stereocenters. The van der Waals surface area contributed by atoms with Crippen molar-refractivity contribution < 1.29 is 28.2 Å². The van der Waals surface area contributed by atoms with Crippen molar-refractivity contribution in [1.29, 1.82) is 0 Å². The van der Waals surface area contributed by atoms with E-state index in [1.54, 1.807) is 26.0 Å². The molecule has 2 aromatic carbocycles. The molecule has 5 nitrogen and oxygen atoms in total. The van der Waals surface area contributed by atoms with Crippen molar-refractivity contribution in [2.75, 3.05) is 6.54 Å². The van der Waals surface area contributed by atoms with Gasteiger partial charge in [0, 0.05) is 12.1 Å². The second-order valence-electron chi connectivity index (χ2n) is 14.5. The molecule has 2 N–H and O–H groups in total. The molecule has 3 fully saturated rings. The summed E-state index contributed by atoms with van der Waals surface area (Å²) in [6, 6.07) is 10.6. The maximum absolute atomic E-state index is 16.1. The summed E-state index contributed by atoms with van der Waals surface area (Å²) in [5, 5.41) is 12.9. The van der Waals surface area contributed by atoms with Crippen molar-refractivity contribution in [3.8, 4) is 16.9 Å². The number of carboxylic acids is 1. The number of nitrogens with one attached hydrogen (secondary N) is 1. The Morgan fingerprint density at radius 1 is 0.978 bits per heavy atom. The quantitative estimate of drug-likeness (QED) is 0.277. The number of benzene rings is 2. The number of rotatable bonds is 10. The Morgan fingerprint density at radius 2 is 1.76 bits per heavy atom. The van der Waals surface area contributed by atoms with Crippen LogP contribution in [0.25, 0.3) is 11.1 Å². The van der Waals surface area contributed by atoms with Gasteiger partial charge in [0.2, 0.25) is 0 Å². The molecular formula is C38H51F2NO4. The van der Waals surface area contributed by atoms with E-state index in [1.807, 2.05) is 18.2 Å². The summed E-state index contributed by atoms with van der Waals surface area (Å²) in [7, 11) is 0. The molecule has 2 aromatic rings. The van der Waals surface area contributed by atoms with Crippen LogP contribution in [0.1, 0.15) is 128 Å². The number of amides is 1. The average Bonchev–Trinajstić information content (AvgIpc) is 3.47. The highest BCUT2D eigenvalue weighted by atomic mass is 19.1. The summed E-state index contributed by atoms with van der Waals surface area (Å²) >= 11 is 0. The number of hydrogen-bond donors (Lipinski definition) is 2. The van der Waals surface area contributed by atoms with Crippen LogP contribution in [0.2, 0.25) is 0 Å². The minimum atomic E-state index is -1.80. The van der Waals surface area contributed by atoms with Gasteiger partial charge in [0.25, 0.3) is 5.91 Å². The predicted molar refractivity (Wildman–Crippen MR) is 174 cm³/mol. The van der Waals surface area contributed by atoms with Crippen LogP contribution < -0.4 is 10.1 Å². The van der Waals surface area contributed by atoms with Crippen molar-refractivity contribution in [3.63, 3.8) is 0 Å². The van der Waals surface area contributed by atoms with E-state index in [0.29, 0.717) is 41.8 Å².